The molecule has 0 aliphatic rings. The first-order valence-electron chi connectivity index (χ1n) is 10.4. The van der Waals surface area contributed by atoms with E-state index >= 15 is 0 Å². The number of likely N-dealkylation sites (N-methyl/N-ethyl adjacent to an activating group) is 1. The minimum absolute atomic E-state index is 0.163. The van der Waals surface area contributed by atoms with Crippen molar-refractivity contribution >= 4 is 23.2 Å². The monoisotopic (exact) mass is 455 g/mol. The van der Waals surface area contributed by atoms with Gasteiger partial charge in [0.1, 0.15) is 6.07 Å². The first-order chi connectivity index (χ1) is 16.0. The van der Waals surface area contributed by atoms with Crippen LogP contribution in [0.25, 0.3) is 16.9 Å². The second kappa shape index (κ2) is 10.1. The van der Waals surface area contributed by atoms with Crippen LogP contribution in [0.15, 0.2) is 85.1 Å². The van der Waals surface area contributed by atoms with Crippen molar-refractivity contribution < 1.29 is 4.79 Å². The molecule has 0 fully saturated rings. The van der Waals surface area contributed by atoms with Gasteiger partial charge in [-0.15, -0.1) is 0 Å². The van der Waals surface area contributed by atoms with Crippen LogP contribution in [0.1, 0.15) is 11.1 Å². The van der Waals surface area contributed by atoms with Gasteiger partial charge in [0.2, 0.25) is 5.91 Å². The lowest BCUT2D eigenvalue weighted by molar-refractivity contribution is -0.117. The van der Waals surface area contributed by atoms with Gasteiger partial charge in [0.05, 0.1) is 29.2 Å². The zero-order valence-corrected chi connectivity index (χ0v) is 18.8. The average Bonchev–Trinajstić information content (AvgIpc) is 3.24. The molecule has 1 heterocycles. The van der Waals surface area contributed by atoms with Gasteiger partial charge in [-0.3, -0.25) is 9.69 Å². The summed E-state index contributed by atoms with van der Waals surface area (Å²) >= 11 is 6.07. The summed E-state index contributed by atoms with van der Waals surface area (Å²) in [6.07, 6.45) is 1.98. The van der Waals surface area contributed by atoms with E-state index in [4.69, 9.17) is 16.7 Å². The van der Waals surface area contributed by atoms with E-state index in [2.05, 4.69) is 11.4 Å². The Morgan fingerprint density at radius 2 is 1.76 bits per heavy atom. The predicted molar refractivity (Wildman–Crippen MR) is 130 cm³/mol. The number of para-hydroxylation sites is 2. The summed E-state index contributed by atoms with van der Waals surface area (Å²) in [4.78, 5) is 14.5. The van der Waals surface area contributed by atoms with E-state index in [1.54, 1.807) is 24.3 Å². The zero-order valence-electron chi connectivity index (χ0n) is 18.1. The molecule has 1 aromatic heterocycles. The molecule has 4 aromatic rings. The van der Waals surface area contributed by atoms with Crippen LogP contribution in [0.4, 0.5) is 5.69 Å². The molecule has 1 N–H and O–H groups in total. The SMILES string of the molecule is CN(CC(=O)Nc1ccccc1C#N)Cc1cn(-c2ccccc2)nc1-c1ccc(Cl)cc1. The van der Waals surface area contributed by atoms with E-state index in [9.17, 15) is 10.1 Å². The molecular formula is C26H22ClN5O. The van der Waals surface area contributed by atoms with E-state index in [1.807, 2.05) is 77.4 Å². The van der Waals surface area contributed by atoms with Crippen LogP contribution in [0, 0.1) is 11.3 Å². The Morgan fingerprint density at radius 3 is 2.48 bits per heavy atom. The maximum Gasteiger partial charge on any atom is 0.238 e. The maximum absolute atomic E-state index is 12.6. The van der Waals surface area contributed by atoms with Crippen molar-refractivity contribution in [2.75, 3.05) is 18.9 Å². The summed E-state index contributed by atoms with van der Waals surface area (Å²) in [5.74, 6) is -0.191. The fraction of sp³-hybridized carbons (Fsp3) is 0.115. The summed E-state index contributed by atoms with van der Waals surface area (Å²) in [7, 11) is 1.88. The number of nitrogens with one attached hydrogen (secondary N) is 1. The van der Waals surface area contributed by atoms with Gasteiger partial charge >= 0.3 is 0 Å². The molecule has 0 aliphatic carbocycles. The van der Waals surface area contributed by atoms with Crippen molar-refractivity contribution in [1.29, 1.82) is 5.26 Å². The quantitative estimate of drug-likeness (QED) is 0.419. The van der Waals surface area contributed by atoms with Crippen LogP contribution in [-0.2, 0) is 11.3 Å². The van der Waals surface area contributed by atoms with E-state index in [1.165, 1.54) is 0 Å². The Morgan fingerprint density at radius 1 is 1.06 bits per heavy atom. The van der Waals surface area contributed by atoms with Crippen LogP contribution in [0.5, 0.6) is 0 Å². The van der Waals surface area contributed by atoms with Crippen LogP contribution in [0.2, 0.25) is 5.02 Å². The van der Waals surface area contributed by atoms with Crippen LogP contribution in [0.3, 0.4) is 0 Å². The Hall–Kier alpha value is -3.92. The standard InChI is InChI=1S/C26H22ClN5O/c1-31(18-25(33)29-24-10-6-5-7-20(24)15-28)16-21-17-32(23-8-3-2-4-9-23)30-26(21)19-11-13-22(27)14-12-19/h2-14,17H,16,18H2,1H3,(H,29,33). The highest BCUT2D eigenvalue weighted by Gasteiger charge is 2.16. The topological polar surface area (TPSA) is 74.0 Å². The van der Waals surface area contributed by atoms with E-state index < -0.39 is 0 Å². The third-order valence-electron chi connectivity index (χ3n) is 5.10. The molecule has 6 nitrogen and oxygen atoms in total. The minimum Gasteiger partial charge on any atom is -0.324 e. The fourth-order valence-corrected chi connectivity index (χ4v) is 3.69. The molecule has 0 saturated heterocycles. The number of carbonyl (C=O) groups excluding carboxylic acids is 1. The molecule has 1 amide bonds. The predicted octanol–water partition coefficient (Wildman–Crippen LogP) is 5.13. The highest BCUT2D eigenvalue weighted by molar-refractivity contribution is 6.30. The van der Waals surface area contributed by atoms with Gasteiger partial charge in [-0.05, 0) is 43.4 Å². The molecular weight excluding hydrogens is 434 g/mol. The number of benzene rings is 3. The number of hydrogen-bond donors (Lipinski definition) is 1. The summed E-state index contributed by atoms with van der Waals surface area (Å²) in [6.45, 7) is 0.675. The van der Waals surface area contributed by atoms with Crippen molar-refractivity contribution in [3.63, 3.8) is 0 Å². The number of aromatic nitrogens is 2. The van der Waals surface area contributed by atoms with E-state index in [0.717, 1.165) is 22.5 Å². The van der Waals surface area contributed by atoms with E-state index in [0.29, 0.717) is 22.8 Å². The lowest BCUT2D eigenvalue weighted by Gasteiger charge is -2.16. The van der Waals surface area contributed by atoms with Gasteiger partial charge in [0.15, 0.2) is 0 Å². The summed E-state index contributed by atoms with van der Waals surface area (Å²) < 4.78 is 1.84. The zero-order chi connectivity index (χ0) is 23.2. The summed E-state index contributed by atoms with van der Waals surface area (Å²) in [6, 6.07) is 26.5. The number of nitriles is 1. The van der Waals surface area contributed by atoms with Crippen molar-refractivity contribution in [3.8, 4) is 23.0 Å². The van der Waals surface area contributed by atoms with Gasteiger partial charge in [-0.25, -0.2) is 4.68 Å². The van der Waals surface area contributed by atoms with Gasteiger partial charge in [-0.1, -0.05) is 54.1 Å². The molecule has 0 atom stereocenters. The Labute approximate surface area is 197 Å². The largest absolute Gasteiger partial charge is 0.324 e. The van der Waals surface area contributed by atoms with Gasteiger partial charge in [-0.2, -0.15) is 10.4 Å². The molecule has 0 saturated carbocycles. The Kier molecular flexibility index (Phi) is 6.84. The molecule has 3 aromatic carbocycles. The molecule has 33 heavy (non-hydrogen) atoms. The first kappa shape index (κ1) is 22.3. The molecule has 0 spiro atoms. The van der Waals surface area contributed by atoms with Crippen molar-refractivity contribution in [2.24, 2.45) is 0 Å². The third-order valence-corrected chi connectivity index (χ3v) is 5.36. The first-order valence-corrected chi connectivity index (χ1v) is 10.8. The third kappa shape index (κ3) is 5.47. The fourth-order valence-electron chi connectivity index (χ4n) is 3.56. The van der Waals surface area contributed by atoms with Gasteiger partial charge in [0.25, 0.3) is 0 Å². The van der Waals surface area contributed by atoms with E-state index in [-0.39, 0.29) is 12.5 Å². The number of anilines is 1. The molecule has 164 valence electrons. The Bertz CT molecular complexity index is 1290. The normalized spacial score (nSPS) is 10.7. The van der Waals surface area contributed by atoms with Gasteiger partial charge < -0.3 is 5.32 Å². The number of nitrogens with zero attached hydrogens (tertiary/aromatic N) is 4. The number of halogens is 1. The second-order valence-corrected chi connectivity index (χ2v) is 8.10. The molecule has 0 unspecified atom stereocenters. The number of carbonyl (C=O) groups is 1. The lowest BCUT2D eigenvalue weighted by atomic mass is 10.1. The van der Waals surface area contributed by atoms with Gasteiger partial charge in [0, 0.05) is 28.9 Å². The van der Waals surface area contributed by atoms with Crippen LogP contribution < -0.4 is 5.32 Å². The van der Waals surface area contributed by atoms with Crippen LogP contribution in [-0.4, -0.2) is 34.2 Å². The number of hydrogen-bond acceptors (Lipinski definition) is 4. The average molecular weight is 456 g/mol. The number of rotatable bonds is 7. The lowest BCUT2D eigenvalue weighted by Crippen LogP contribution is -2.30. The van der Waals surface area contributed by atoms with Crippen LogP contribution >= 0.6 is 11.6 Å². The highest BCUT2D eigenvalue weighted by Crippen LogP contribution is 2.26. The molecule has 0 aliphatic heterocycles. The Balaban J connectivity index is 1.54. The summed E-state index contributed by atoms with van der Waals surface area (Å²) in [5, 5.41) is 17.5. The minimum atomic E-state index is -0.191. The number of amides is 1. The smallest absolute Gasteiger partial charge is 0.238 e. The maximum atomic E-state index is 12.6. The molecule has 4 rings (SSSR count). The molecule has 7 heteroatoms. The molecule has 0 bridgehead atoms. The molecule has 0 radical (unpaired) electrons. The van der Waals surface area contributed by atoms with Crippen molar-refractivity contribution in [1.82, 2.24) is 14.7 Å². The second-order valence-electron chi connectivity index (χ2n) is 7.67. The highest BCUT2D eigenvalue weighted by atomic mass is 35.5. The van der Waals surface area contributed by atoms with Crippen molar-refractivity contribution in [2.45, 2.75) is 6.54 Å². The summed E-state index contributed by atoms with van der Waals surface area (Å²) in [5.41, 5.74) is 4.66. The van der Waals surface area contributed by atoms with Crippen molar-refractivity contribution in [3.05, 3.63) is 101 Å².